The number of hydrogen-bond acceptors (Lipinski definition) is 8. The van der Waals surface area contributed by atoms with Crippen LogP contribution in [0.15, 0.2) is 97.6 Å². The van der Waals surface area contributed by atoms with E-state index in [2.05, 4.69) is 43.1 Å². The lowest BCUT2D eigenvalue weighted by molar-refractivity contribution is -0.152. The fourth-order valence-electron chi connectivity index (χ4n) is 9.35. The van der Waals surface area contributed by atoms with Gasteiger partial charge in [0.2, 0.25) is 0 Å². The third-order valence-corrected chi connectivity index (χ3v) is 13.4. The summed E-state index contributed by atoms with van der Waals surface area (Å²) >= 11 is 0. The van der Waals surface area contributed by atoms with E-state index in [1.807, 2.05) is 66.7 Å². The number of terminal acetylenes is 1. The molecule has 0 radical (unpaired) electrons. The second-order valence-electron chi connectivity index (χ2n) is 18.0. The maximum atomic E-state index is 14.0. The first-order valence-corrected chi connectivity index (χ1v) is 23.3. The largest absolute Gasteiger partial charge is 0.465 e. The molecule has 0 unspecified atom stereocenters. The molecule has 0 N–H and O–H groups in total. The highest BCUT2D eigenvalue weighted by Gasteiger charge is 2.40. The number of hydrogen-bond donors (Lipinski definition) is 0. The lowest BCUT2D eigenvalue weighted by Gasteiger charge is -2.40. The van der Waals surface area contributed by atoms with Crippen molar-refractivity contribution in [3.8, 4) is 41.8 Å². The minimum atomic E-state index is -0.907. The number of benzene rings is 4. The highest BCUT2D eigenvalue weighted by molar-refractivity contribution is 5.96. The minimum Gasteiger partial charge on any atom is -0.465 e. The van der Waals surface area contributed by atoms with Gasteiger partial charge in [0.15, 0.2) is 5.60 Å². The summed E-state index contributed by atoms with van der Waals surface area (Å²) < 4.78 is 22.7. The molecule has 8 nitrogen and oxygen atoms in total. The van der Waals surface area contributed by atoms with E-state index in [1.165, 1.54) is 25.7 Å². The second kappa shape index (κ2) is 22.4. The highest BCUT2D eigenvalue weighted by Crippen LogP contribution is 2.44. The SMILES string of the molecule is C#Cc1ccc(C#Cc2ccc(C#CC3(OC(=O)c4ccc5cc(OC(=O)C6CCC(C(=O)OCCCCOC(=O)C=C)CC6)ccc5c4)CCC(C4CCC(C)CC4)CC3)cc2)cc1. The van der Waals surface area contributed by atoms with Crippen molar-refractivity contribution >= 4 is 34.6 Å². The normalized spacial score (nSPS) is 22.6. The predicted octanol–water partition coefficient (Wildman–Crippen LogP) is 10.9. The first-order chi connectivity index (χ1) is 31.6. The van der Waals surface area contributed by atoms with Crippen LogP contribution in [0.25, 0.3) is 10.8 Å². The quantitative estimate of drug-likeness (QED) is 0.0346. The Kier molecular flexibility index (Phi) is 16.0. The second-order valence-corrected chi connectivity index (χ2v) is 18.0. The van der Waals surface area contributed by atoms with E-state index in [1.54, 1.807) is 18.2 Å². The Morgan fingerprint density at radius 1 is 0.646 bits per heavy atom. The fourth-order valence-corrected chi connectivity index (χ4v) is 9.35. The zero-order chi connectivity index (χ0) is 45.6. The van der Waals surface area contributed by atoms with Gasteiger partial charge in [-0.15, -0.1) is 6.42 Å². The Labute approximate surface area is 383 Å². The fraction of sp³-hybridized carbons (Fsp3) is 0.404. The van der Waals surface area contributed by atoms with Crippen LogP contribution in [-0.2, 0) is 28.6 Å². The first-order valence-electron chi connectivity index (χ1n) is 23.3. The van der Waals surface area contributed by atoms with Crippen molar-refractivity contribution in [2.45, 2.75) is 102 Å². The van der Waals surface area contributed by atoms with E-state index in [-0.39, 0.29) is 37.0 Å². The van der Waals surface area contributed by atoms with Gasteiger partial charge in [-0.05, 0) is 184 Å². The van der Waals surface area contributed by atoms with Crippen LogP contribution in [0.5, 0.6) is 5.75 Å². The van der Waals surface area contributed by atoms with E-state index in [9.17, 15) is 19.2 Å². The molecule has 65 heavy (non-hydrogen) atoms. The van der Waals surface area contributed by atoms with Crippen molar-refractivity contribution in [3.63, 3.8) is 0 Å². The Hall–Kier alpha value is -6.56. The van der Waals surface area contributed by atoms with E-state index in [0.717, 1.165) is 63.8 Å². The van der Waals surface area contributed by atoms with Crippen LogP contribution >= 0.6 is 0 Å². The Morgan fingerprint density at radius 2 is 1.18 bits per heavy atom. The zero-order valence-corrected chi connectivity index (χ0v) is 37.4. The van der Waals surface area contributed by atoms with Crippen LogP contribution in [0, 0.1) is 65.6 Å². The number of fused-ring (bicyclic) bond motifs is 1. The van der Waals surface area contributed by atoms with Gasteiger partial charge in [-0.1, -0.05) is 62.2 Å². The van der Waals surface area contributed by atoms with Gasteiger partial charge in [0.05, 0.1) is 30.6 Å². The summed E-state index contributed by atoms with van der Waals surface area (Å²) in [7, 11) is 0. The van der Waals surface area contributed by atoms with Gasteiger partial charge in [-0.3, -0.25) is 9.59 Å². The summed E-state index contributed by atoms with van der Waals surface area (Å²) in [6.45, 7) is 6.22. The Bertz CT molecular complexity index is 2500. The van der Waals surface area contributed by atoms with Crippen molar-refractivity contribution in [2.75, 3.05) is 13.2 Å². The number of carbonyl (C=O) groups excluding carboxylic acids is 4. The van der Waals surface area contributed by atoms with Crippen molar-refractivity contribution in [1.29, 1.82) is 0 Å². The van der Waals surface area contributed by atoms with Gasteiger partial charge >= 0.3 is 23.9 Å². The van der Waals surface area contributed by atoms with Crippen molar-refractivity contribution < 1.29 is 38.1 Å². The lowest BCUT2D eigenvalue weighted by Crippen LogP contribution is -2.39. The lowest BCUT2D eigenvalue weighted by atomic mass is 9.68. The molecule has 0 aromatic heterocycles. The number of carbonyl (C=O) groups is 4. The van der Waals surface area contributed by atoms with Crippen molar-refractivity contribution in [2.24, 2.45) is 29.6 Å². The molecule has 3 saturated carbocycles. The van der Waals surface area contributed by atoms with Gasteiger partial charge in [-0.25, -0.2) is 9.59 Å². The highest BCUT2D eigenvalue weighted by atomic mass is 16.6. The van der Waals surface area contributed by atoms with Gasteiger partial charge in [0, 0.05) is 28.3 Å². The van der Waals surface area contributed by atoms with Crippen LogP contribution in [-0.4, -0.2) is 42.7 Å². The standard InChI is InChI=1S/C57H58O8/c1-4-41-10-12-42(13-11-41)14-15-43-16-18-44(19-17-43)30-33-57(34-31-46(32-35-57)45-20-8-40(3)9-21-45)65-56(61)51-27-26-50-39-52(29-28-49(50)38-51)64-55(60)48-24-22-47(23-25-48)54(59)63-37-7-6-36-62-53(58)5-2/h1,5,10-13,16-19,26-29,38-40,45-48H,2,6-9,20-25,31-32,34-37H2,3H3. The molecule has 0 amide bonds. The van der Waals surface area contributed by atoms with Crippen LogP contribution in [0.3, 0.4) is 0 Å². The molecule has 4 aromatic carbocycles. The third kappa shape index (κ3) is 13.0. The van der Waals surface area contributed by atoms with Gasteiger partial charge < -0.3 is 18.9 Å². The molecule has 3 aliphatic carbocycles. The van der Waals surface area contributed by atoms with Crippen LogP contribution in [0.2, 0.25) is 0 Å². The number of ether oxygens (including phenoxy) is 4. The number of unbranched alkanes of at least 4 members (excludes halogenated alkanes) is 1. The van der Waals surface area contributed by atoms with Gasteiger partial charge in [-0.2, -0.15) is 0 Å². The Morgan fingerprint density at radius 3 is 1.80 bits per heavy atom. The molecule has 3 aliphatic rings. The molecule has 0 atom stereocenters. The molecule has 0 heterocycles. The summed E-state index contributed by atoms with van der Waals surface area (Å²) in [6, 6.07) is 26.2. The number of rotatable bonds is 12. The van der Waals surface area contributed by atoms with Crippen LogP contribution < -0.4 is 4.74 Å². The van der Waals surface area contributed by atoms with Gasteiger partial charge in [0.25, 0.3) is 0 Å². The molecule has 8 heteroatoms. The van der Waals surface area contributed by atoms with E-state index >= 15 is 0 Å². The van der Waals surface area contributed by atoms with E-state index in [4.69, 9.17) is 25.4 Å². The third-order valence-electron chi connectivity index (χ3n) is 13.4. The zero-order valence-electron chi connectivity index (χ0n) is 37.4. The predicted molar refractivity (Wildman–Crippen MR) is 251 cm³/mol. The molecule has 0 bridgehead atoms. The molecule has 0 aliphatic heterocycles. The average Bonchev–Trinajstić information content (AvgIpc) is 3.34. The topological polar surface area (TPSA) is 105 Å². The molecule has 0 saturated heterocycles. The molecule has 0 spiro atoms. The molecular weight excluding hydrogens is 813 g/mol. The molecule has 334 valence electrons. The van der Waals surface area contributed by atoms with E-state index < -0.39 is 17.5 Å². The summed E-state index contributed by atoms with van der Waals surface area (Å²) in [4.78, 5) is 50.9. The maximum Gasteiger partial charge on any atom is 0.339 e. The minimum absolute atomic E-state index is 0.252. The van der Waals surface area contributed by atoms with Crippen molar-refractivity contribution in [1.82, 2.24) is 0 Å². The smallest absolute Gasteiger partial charge is 0.339 e. The summed E-state index contributed by atoms with van der Waals surface area (Å²) in [6.07, 6.45) is 18.4. The van der Waals surface area contributed by atoms with Crippen molar-refractivity contribution in [3.05, 3.63) is 125 Å². The maximum absolute atomic E-state index is 14.0. The Balaban J connectivity index is 0.955. The van der Waals surface area contributed by atoms with Gasteiger partial charge in [0.1, 0.15) is 5.75 Å². The summed E-state index contributed by atoms with van der Waals surface area (Å²) in [5, 5.41) is 1.64. The molecule has 4 aromatic rings. The van der Waals surface area contributed by atoms with E-state index in [0.29, 0.717) is 68.6 Å². The summed E-state index contributed by atoms with van der Waals surface area (Å²) in [5.41, 5.74) is 2.94. The number of esters is 4. The van der Waals surface area contributed by atoms with Crippen LogP contribution in [0.4, 0.5) is 0 Å². The summed E-state index contributed by atoms with van der Waals surface area (Å²) in [5.74, 6) is 16.4. The monoisotopic (exact) mass is 870 g/mol. The average molecular weight is 871 g/mol. The molecule has 7 rings (SSSR count). The molecular formula is C57H58O8. The first kappa shape index (κ1) is 46.4. The molecule has 3 fully saturated rings. The van der Waals surface area contributed by atoms with Crippen LogP contribution in [0.1, 0.15) is 129 Å².